The minimum absolute atomic E-state index is 0.0787. The Morgan fingerprint density at radius 1 is 1.30 bits per heavy atom. The van der Waals surface area contributed by atoms with Gasteiger partial charge in [0.15, 0.2) is 0 Å². The maximum Gasteiger partial charge on any atom is 0.326 e. The summed E-state index contributed by atoms with van der Waals surface area (Å²) in [7, 11) is 0. The molecule has 1 unspecified atom stereocenters. The lowest BCUT2D eigenvalue weighted by molar-refractivity contribution is -0.141. The lowest BCUT2D eigenvalue weighted by atomic mass is 10.1. The average molecular weight is 274 g/mol. The summed E-state index contributed by atoms with van der Waals surface area (Å²) in [6.45, 7) is 2.53. The number of hydrogen-bond donors (Lipinski definition) is 1. The van der Waals surface area contributed by atoms with E-state index in [4.69, 9.17) is 0 Å². The smallest absolute Gasteiger partial charge is 0.326 e. The standard InChI is InChI=1S/C15H18N2O3/c1-10-9-11-5-2-3-6-12(11)17(10)15(20)16-8-4-7-13(16)14(18)19/h2-3,5-6,10,13H,4,7-9H2,1H3,(H,18,19)/t10?,13-/m1/s1. The van der Waals surface area contributed by atoms with Gasteiger partial charge in [-0.25, -0.2) is 9.59 Å². The van der Waals surface area contributed by atoms with E-state index in [0.717, 1.165) is 24.1 Å². The third-order valence-electron chi connectivity index (χ3n) is 4.20. The molecule has 2 atom stereocenters. The van der Waals surface area contributed by atoms with Crippen LogP contribution in [0.1, 0.15) is 25.3 Å². The first-order chi connectivity index (χ1) is 9.59. The number of nitrogens with zero attached hydrogens (tertiary/aromatic N) is 2. The predicted octanol–water partition coefficient (Wildman–Crippen LogP) is 2.11. The summed E-state index contributed by atoms with van der Waals surface area (Å²) < 4.78 is 0. The highest BCUT2D eigenvalue weighted by molar-refractivity contribution is 5.97. The molecule has 2 heterocycles. The summed E-state index contributed by atoms with van der Waals surface area (Å²) in [6, 6.07) is 7.07. The zero-order valence-corrected chi connectivity index (χ0v) is 11.5. The van der Waals surface area contributed by atoms with Crippen molar-refractivity contribution in [2.45, 2.75) is 38.3 Å². The zero-order chi connectivity index (χ0) is 14.3. The fourth-order valence-corrected chi connectivity index (χ4v) is 3.25. The number of carbonyl (C=O) groups is 2. The van der Waals surface area contributed by atoms with Crippen LogP contribution in [0.4, 0.5) is 10.5 Å². The molecule has 1 fully saturated rings. The van der Waals surface area contributed by atoms with E-state index in [9.17, 15) is 14.7 Å². The number of carboxylic acid groups (broad SMARTS) is 1. The van der Waals surface area contributed by atoms with Gasteiger partial charge in [-0.3, -0.25) is 4.90 Å². The molecule has 0 saturated carbocycles. The van der Waals surface area contributed by atoms with E-state index in [1.807, 2.05) is 31.2 Å². The van der Waals surface area contributed by atoms with Gasteiger partial charge in [0.05, 0.1) is 0 Å². The summed E-state index contributed by atoms with van der Waals surface area (Å²) in [4.78, 5) is 27.2. The first-order valence-electron chi connectivity index (χ1n) is 7.00. The molecule has 0 bridgehead atoms. The summed E-state index contributed by atoms with van der Waals surface area (Å²) >= 11 is 0. The predicted molar refractivity (Wildman–Crippen MR) is 74.8 cm³/mol. The molecule has 0 aliphatic carbocycles. The number of benzene rings is 1. The van der Waals surface area contributed by atoms with Crippen LogP contribution in [-0.2, 0) is 11.2 Å². The highest BCUT2D eigenvalue weighted by Gasteiger charge is 2.40. The Morgan fingerprint density at radius 2 is 2.05 bits per heavy atom. The lowest BCUT2D eigenvalue weighted by Crippen LogP contribution is -2.50. The Morgan fingerprint density at radius 3 is 2.80 bits per heavy atom. The maximum atomic E-state index is 12.7. The first kappa shape index (κ1) is 13.0. The van der Waals surface area contributed by atoms with Crippen molar-refractivity contribution >= 4 is 17.7 Å². The van der Waals surface area contributed by atoms with Crippen LogP contribution >= 0.6 is 0 Å². The van der Waals surface area contributed by atoms with Crippen LogP contribution in [0.15, 0.2) is 24.3 Å². The Bertz CT molecular complexity index is 558. The second-order valence-corrected chi connectivity index (χ2v) is 5.52. The summed E-state index contributed by atoms with van der Waals surface area (Å²) in [5.41, 5.74) is 2.07. The second kappa shape index (κ2) is 4.81. The fourth-order valence-electron chi connectivity index (χ4n) is 3.25. The number of urea groups is 1. The molecule has 0 spiro atoms. The van der Waals surface area contributed by atoms with Crippen molar-refractivity contribution in [3.63, 3.8) is 0 Å². The van der Waals surface area contributed by atoms with Gasteiger partial charge in [0, 0.05) is 18.3 Å². The number of amides is 2. The molecule has 0 radical (unpaired) electrons. The summed E-state index contributed by atoms with van der Waals surface area (Å²) in [6.07, 6.45) is 2.13. The molecule has 1 N–H and O–H groups in total. The number of anilines is 1. The van der Waals surface area contributed by atoms with Crippen molar-refractivity contribution in [3.8, 4) is 0 Å². The molecule has 3 rings (SSSR count). The van der Waals surface area contributed by atoms with Crippen molar-refractivity contribution in [2.75, 3.05) is 11.4 Å². The van der Waals surface area contributed by atoms with Crippen LogP contribution in [0.25, 0.3) is 0 Å². The van der Waals surface area contributed by atoms with Crippen molar-refractivity contribution in [1.82, 2.24) is 4.90 Å². The van der Waals surface area contributed by atoms with E-state index in [0.29, 0.717) is 13.0 Å². The third kappa shape index (κ3) is 1.94. The molecule has 1 aromatic carbocycles. The van der Waals surface area contributed by atoms with Crippen molar-refractivity contribution < 1.29 is 14.7 Å². The third-order valence-corrected chi connectivity index (χ3v) is 4.20. The van der Waals surface area contributed by atoms with Crippen LogP contribution in [0.2, 0.25) is 0 Å². The number of hydrogen-bond acceptors (Lipinski definition) is 2. The van der Waals surface area contributed by atoms with Crippen LogP contribution in [0, 0.1) is 0 Å². The number of para-hydroxylation sites is 1. The Labute approximate surface area is 117 Å². The van der Waals surface area contributed by atoms with E-state index in [-0.39, 0.29) is 12.1 Å². The normalized spacial score (nSPS) is 24.9. The fraction of sp³-hybridized carbons (Fsp3) is 0.467. The monoisotopic (exact) mass is 274 g/mol. The van der Waals surface area contributed by atoms with Gasteiger partial charge in [0.1, 0.15) is 6.04 Å². The second-order valence-electron chi connectivity index (χ2n) is 5.52. The molecular weight excluding hydrogens is 256 g/mol. The number of rotatable bonds is 1. The SMILES string of the molecule is CC1Cc2ccccc2N1C(=O)N1CCC[C@@H]1C(=O)O. The number of carboxylic acids is 1. The highest BCUT2D eigenvalue weighted by Crippen LogP contribution is 2.34. The van der Waals surface area contributed by atoms with Gasteiger partial charge >= 0.3 is 12.0 Å². The molecule has 2 aliphatic heterocycles. The number of aliphatic carboxylic acids is 1. The van der Waals surface area contributed by atoms with E-state index in [2.05, 4.69) is 0 Å². The molecule has 1 saturated heterocycles. The van der Waals surface area contributed by atoms with Crippen molar-refractivity contribution in [2.24, 2.45) is 0 Å². The van der Waals surface area contributed by atoms with E-state index >= 15 is 0 Å². The molecule has 20 heavy (non-hydrogen) atoms. The summed E-state index contributed by atoms with van der Waals surface area (Å²) in [5.74, 6) is -0.906. The quantitative estimate of drug-likeness (QED) is 0.853. The van der Waals surface area contributed by atoms with Crippen LogP contribution in [0.3, 0.4) is 0 Å². The van der Waals surface area contributed by atoms with Crippen LogP contribution in [-0.4, -0.2) is 40.6 Å². The number of carbonyl (C=O) groups excluding carboxylic acids is 1. The molecule has 5 heteroatoms. The molecule has 2 amide bonds. The molecular formula is C15H18N2O3. The van der Waals surface area contributed by atoms with Gasteiger partial charge in [-0.05, 0) is 37.8 Å². The van der Waals surface area contributed by atoms with E-state index < -0.39 is 12.0 Å². The zero-order valence-electron chi connectivity index (χ0n) is 11.5. The van der Waals surface area contributed by atoms with Gasteiger partial charge in [-0.1, -0.05) is 18.2 Å². The van der Waals surface area contributed by atoms with Gasteiger partial charge in [0.25, 0.3) is 0 Å². The molecule has 0 aromatic heterocycles. The Hall–Kier alpha value is -2.04. The molecule has 5 nitrogen and oxygen atoms in total. The first-order valence-corrected chi connectivity index (χ1v) is 7.00. The van der Waals surface area contributed by atoms with Crippen molar-refractivity contribution in [3.05, 3.63) is 29.8 Å². The average Bonchev–Trinajstić information content (AvgIpc) is 3.01. The van der Waals surface area contributed by atoms with Gasteiger partial charge in [-0.15, -0.1) is 0 Å². The van der Waals surface area contributed by atoms with Gasteiger partial charge < -0.3 is 10.0 Å². The van der Waals surface area contributed by atoms with Crippen molar-refractivity contribution in [1.29, 1.82) is 0 Å². The van der Waals surface area contributed by atoms with Gasteiger partial charge in [0.2, 0.25) is 0 Å². The molecule has 1 aromatic rings. The summed E-state index contributed by atoms with van der Waals surface area (Å²) in [5, 5.41) is 9.22. The molecule has 106 valence electrons. The minimum atomic E-state index is -0.906. The molecule has 2 aliphatic rings. The van der Waals surface area contributed by atoms with E-state index in [1.165, 1.54) is 4.90 Å². The Kier molecular flexibility index (Phi) is 3.12. The van der Waals surface area contributed by atoms with Crippen LogP contribution in [0.5, 0.6) is 0 Å². The van der Waals surface area contributed by atoms with Crippen LogP contribution < -0.4 is 4.90 Å². The largest absolute Gasteiger partial charge is 0.480 e. The van der Waals surface area contributed by atoms with Gasteiger partial charge in [-0.2, -0.15) is 0 Å². The number of fused-ring (bicyclic) bond motifs is 1. The lowest BCUT2D eigenvalue weighted by Gasteiger charge is -2.30. The highest BCUT2D eigenvalue weighted by atomic mass is 16.4. The van der Waals surface area contributed by atoms with E-state index in [1.54, 1.807) is 4.90 Å². The number of likely N-dealkylation sites (tertiary alicyclic amines) is 1. The minimum Gasteiger partial charge on any atom is -0.480 e. The topological polar surface area (TPSA) is 60.9 Å². The Balaban J connectivity index is 1.89. The maximum absolute atomic E-state index is 12.7.